The number of unbranched alkanes of at least 4 members (excludes halogenated alkanes) is 1. The van der Waals surface area contributed by atoms with Crippen LogP contribution in [0.15, 0.2) is 96.5 Å². The van der Waals surface area contributed by atoms with Gasteiger partial charge in [-0.2, -0.15) is 0 Å². The Balaban J connectivity index is 0.000000426. The number of hydrogen-bond acceptors (Lipinski definition) is 6. The number of fused-ring (bicyclic) bond motifs is 1. The zero-order valence-electron chi connectivity index (χ0n) is 27.2. The van der Waals surface area contributed by atoms with Crippen LogP contribution in [-0.2, 0) is 32.0 Å². The lowest BCUT2D eigenvalue weighted by Gasteiger charge is -2.33. The van der Waals surface area contributed by atoms with Gasteiger partial charge in [-0.3, -0.25) is 9.69 Å². The van der Waals surface area contributed by atoms with Gasteiger partial charge < -0.3 is 9.47 Å². The van der Waals surface area contributed by atoms with Crippen molar-refractivity contribution in [1.29, 1.82) is 0 Å². The first-order chi connectivity index (χ1) is 22.0. The van der Waals surface area contributed by atoms with Crippen molar-refractivity contribution >= 4 is 34.9 Å². The Kier molecular flexibility index (Phi) is 20.3. The van der Waals surface area contributed by atoms with Crippen LogP contribution in [0.3, 0.4) is 0 Å². The van der Waals surface area contributed by atoms with Gasteiger partial charge in [-0.05, 0) is 86.9 Å². The molecule has 0 unspecified atom stereocenters. The molecular formula is C38H50ClNO4S. The molecule has 0 spiro atoms. The molecule has 244 valence electrons. The molecule has 0 N–H and O–H groups in total. The Morgan fingerprint density at radius 2 is 1.58 bits per heavy atom. The predicted octanol–water partition coefficient (Wildman–Crippen LogP) is 10.5. The lowest BCUT2D eigenvalue weighted by atomic mass is 10.0. The second-order valence-corrected chi connectivity index (χ2v) is 11.9. The predicted molar refractivity (Wildman–Crippen MR) is 189 cm³/mol. The Hall–Kier alpha value is -3.19. The summed E-state index contributed by atoms with van der Waals surface area (Å²) in [5, 5.41) is 2.59. The molecule has 3 rings (SSSR count). The van der Waals surface area contributed by atoms with Crippen LogP contribution in [0.2, 0.25) is 5.02 Å². The number of hydrogen-bond donors (Lipinski definition) is 0. The minimum absolute atomic E-state index is 0.298. The second kappa shape index (κ2) is 24.1. The van der Waals surface area contributed by atoms with E-state index < -0.39 is 12.0 Å². The topological polar surface area (TPSA) is 55.8 Å². The molecule has 5 nitrogen and oxygen atoms in total. The van der Waals surface area contributed by atoms with Gasteiger partial charge in [-0.15, -0.1) is 11.3 Å². The number of ether oxygens (including phenoxy) is 2. The zero-order chi connectivity index (χ0) is 32.5. The number of halogens is 1. The van der Waals surface area contributed by atoms with Gasteiger partial charge in [0.05, 0.1) is 0 Å². The van der Waals surface area contributed by atoms with Crippen molar-refractivity contribution in [2.45, 2.75) is 91.1 Å². The maximum absolute atomic E-state index is 13.0. The summed E-state index contributed by atoms with van der Waals surface area (Å²) >= 11 is 8.16. The maximum atomic E-state index is 13.0. The standard InChI is InChI=1S/C24H28ClNO4S.C14H22/c1-2-3-4-5-6-11-22(27)29-17-30-24(28)23(19-9-7-8-10-20(19)25)26-14-12-21-18(16-26)13-15-31-21;1-3-5-7-9-11-13-14-12-10-8-6-4-2/h3-4,7-10,13,15,23H,2,5-6,11-12,14,16-17H2,1H3;3,5-6,8-9,11-12,14H,4,7,10,13H2,1-2H3/b4-3-;5-3-,8-6-,11-9-,14-12-/t23-;/m0./s1. The smallest absolute Gasteiger partial charge is 0.330 e. The summed E-state index contributed by atoms with van der Waals surface area (Å²) in [5.41, 5.74) is 1.92. The van der Waals surface area contributed by atoms with Crippen molar-refractivity contribution in [2.24, 2.45) is 0 Å². The quantitative estimate of drug-likeness (QED) is 0.0737. The van der Waals surface area contributed by atoms with Gasteiger partial charge in [0.15, 0.2) is 0 Å². The summed E-state index contributed by atoms with van der Waals surface area (Å²) < 4.78 is 10.5. The number of nitrogens with zero attached hydrogens (tertiary/aromatic N) is 1. The number of carbonyl (C=O) groups is 2. The molecule has 1 aliphatic rings. The molecule has 2 aromatic rings. The largest absolute Gasteiger partial charge is 0.428 e. The lowest BCUT2D eigenvalue weighted by molar-refractivity contribution is -0.171. The third-order valence-electron chi connectivity index (χ3n) is 6.99. The van der Waals surface area contributed by atoms with Crippen LogP contribution in [0.4, 0.5) is 0 Å². The molecule has 1 aliphatic heterocycles. The van der Waals surface area contributed by atoms with E-state index in [-0.39, 0.29) is 12.8 Å². The molecule has 1 atom stereocenters. The van der Waals surface area contributed by atoms with E-state index in [9.17, 15) is 9.59 Å². The van der Waals surface area contributed by atoms with Crippen LogP contribution in [0.25, 0.3) is 0 Å². The summed E-state index contributed by atoms with van der Waals surface area (Å²) in [6, 6.07) is 8.74. The molecule has 7 heteroatoms. The van der Waals surface area contributed by atoms with E-state index in [4.69, 9.17) is 21.1 Å². The van der Waals surface area contributed by atoms with Crippen LogP contribution >= 0.6 is 22.9 Å². The SMILES string of the molecule is C/C=C\C/C=C\C/C=C\C/C=C\CC.CC/C=C\CCCC(=O)OCOC(=O)[C@H](c1ccccc1Cl)N1CCc2sccc2C1. The van der Waals surface area contributed by atoms with Crippen molar-refractivity contribution < 1.29 is 19.1 Å². The van der Waals surface area contributed by atoms with Crippen LogP contribution in [-0.4, -0.2) is 30.2 Å². The third kappa shape index (κ3) is 15.6. The van der Waals surface area contributed by atoms with Crippen LogP contribution < -0.4 is 0 Å². The van der Waals surface area contributed by atoms with Gasteiger partial charge in [0.2, 0.25) is 6.79 Å². The first-order valence-corrected chi connectivity index (χ1v) is 17.3. The van der Waals surface area contributed by atoms with Crippen molar-refractivity contribution in [3.05, 3.63) is 117 Å². The number of thiophene rings is 1. The lowest BCUT2D eigenvalue weighted by Crippen LogP contribution is -2.39. The minimum atomic E-state index is -0.653. The summed E-state index contributed by atoms with van der Waals surface area (Å²) in [4.78, 5) is 28.4. The van der Waals surface area contributed by atoms with Crippen LogP contribution in [0.1, 0.15) is 94.2 Å². The van der Waals surface area contributed by atoms with Crippen molar-refractivity contribution in [3.8, 4) is 0 Å². The molecule has 0 aliphatic carbocycles. The van der Waals surface area contributed by atoms with E-state index in [1.54, 1.807) is 17.4 Å². The van der Waals surface area contributed by atoms with Gasteiger partial charge >= 0.3 is 11.9 Å². The highest BCUT2D eigenvalue weighted by atomic mass is 35.5. The van der Waals surface area contributed by atoms with E-state index in [1.165, 1.54) is 10.4 Å². The van der Waals surface area contributed by atoms with E-state index >= 15 is 0 Å². The fourth-order valence-electron chi connectivity index (χ4n) is 4.63. The summed E-state index contributed by atoms with van der Waals surface area (Å²) in [6.07, 6.45) is 29.6. The van der Waals surface area contributed by atoms with Crippen LogP contribution in [0, 0.1) is 0 Å². The van der Waals surface area contributed by atoms with Gasteiger partial charge in [0, 0.05) is 29.4 Å². The van der Waals surface area contributed by atoms with Crippen molar-refractivity contribution in [2.75, 3.05) is 13.3 Å². The molecule has 1 aromatic carbocycles. The number of rotatable bonds is 17. The molecule has 0 bridgehead atoms. The fourth-order valence-corrected chi connectivity index (χ4v) is 5.76. The maximum Gasteiger partial charge on any atom is 0.330 e. The highest BCUT2D eigenvalue weighted by Gasteiger charge is 2.33. The second-order valence-electron chi connectivity index (χ2n) is 10.5. The van der Waals surface area contributed by atoms with E-state index in [0.29, 0.717) is 30.0 Å². The summed E-state index contributed by atoms with van der Waals surface area (Å²) in [7, 11) is 0. The number of benzene rings is 1. The third-order valence-corrected chi connectivity index (χ3v) is 8.36. The highest BCUT2D eigenvalue weighted by Crippen LogP contribution is 2.34. The number of carbonyl (C=O) groups excluding carboxylic acids is 2. The Morgan fingerprint density at radius 3 is 2.27 bits per heavy atom. The molecule has 0 amide bonds. The van der Waals surface area contributed by atoms with Gasteiger partial charge in [-0.1, -0.05) is 104 Å². The average Bonchev–Trinajstić information content (AvgIpc) is 3.52. The van der Waals surface area contributed by atoms with E-state index in [0.717, 1.165) is 51.5 Å². The first-order valence-electron chi connectivity index (χ1n) is 16.1. The monoisotopic (exact) mass is 651 g/mol. The van der Waals surface area contributed by atoms with E-state index in [2.05, 4.69) is 91.0 Å². The Labute approximate surface area is 280 Å². The first kappa shape index (κ1) is 38.0. The van der Waals surface area contributed by atoms with E-state index in [1.807, 2.05) is 25.1 Å². The molecule has 1 aromatic heterocycles. The highest BCUT2D eigenvalue weighted by molar-refractivity contribution is 7.10. The van der Waals surface area contributed by atoms with Gasteiger partial charge in [-0.25, -0.2) is 4.79 Å². The zero-order valence-corrected chi connectivity index (χ0v) is 28.7. The van der Waals surface area contributed by atoms with Crippen molar-refractivity contribution in [1.82, 2.24) is 4.90 Å². The normalized spacial score (nSPS) is 14.3. The molecular weight excluding hydrogens is 602 g/mol. The molecule has 0 fully saturated rings. The molecule has 45 heavy (non-hydrogen) atoms. The van der Waals surface area contributed by atoms with Gasteiger partial charge in [0.25, 0.3) is 0 Å². The Bertz CT molecular complexity index is 1280. The molecule has 0 saturated carbocycles. The van der Waals surface area contributed by atoms with Crippen molar-refractivity contribution in [3.63, 3.8) is 0 Å². The van der Waals surface area contributed by atoms with Crippen LogP contribution in [0.5, 0.6) is 0 Å². The minimum Gasteiger partial charge on any atom is -0.428 e. The van der Waals surface area contributed by atoms with Gasteiger partial charge in [0.1, 0.15) is 6.04 Å². The Morgan fingerprint density at radius 1 is 0.911 bits per heavy atom. The average molecular weight is 652 g/mol. The number of esters is 2. The molecule has 2 heterocycles. The number of allylic oxidation sites excluding steroid dienone is 10. The molecule has 0 radical (unpaired) electrons. The fraction of sp³-hybridized carbons (Fsp3) is 0.421. The summed E-state index contributed by atoms with van der Waals surface area (Å²) in [6.45, 7) is 7.26. The molecule has 0 saturated heterocycles. The summed E-state index contributed by atoms with van der Waals surface area (Å²) in [5.74, 6) is -0.835.